The minimum atomic E-state index is -0.222. The molecule has 0 spiro atoms. The van der Waals surface area contributed by atoms with Crippen LogP contribution < -0.4 is 0 Å². The van der Waals surface area contributed by atoms with Crippen LogP contribution in [0.5, 0.6) is 0 Å². The van der Waals surface area contributed by atoms with E-state index >= 15 is 0 Å². The van der Waals surface area contributed by atoms with Crippen LogP contribution in [0.4, 0.5) is 4.39 Å². The summed E-state index contributed by atoms with van der Waals surface area (Å²) in [5, 5.41) is 0. The largest absolute Gasteiger partial charge is 0.385 e. The second-order valence-electron chi connectivity index (χ2n) is 5.91. The first kappa shape index (κ1) is 17.0. The molecule has 2 rings (SSSR count). The Morgan fingerprint density at radius 2 is 2.14 bits per heavy atom. The van der Waals surface area contributed by atoms with E-state index in [-0.39, 0.29) is 11.2 Å². The molecular weight excluding hydrogens is 406 g/mol. The van der Waals surface area contributed by atoms with Gasteiger partial charge in [0.15, 0.2) is 0 Å². The van der Waals surface area contributed by atoms with Gasteiger partial charge in [0, 0.05) is 26.3 Å². The first-order chi connectivity index (χ1) is 9.88. The first-order valence-electron chi connectivity index (χ1n) is 6.77. The van der Waals surface area contributed by atoms with E-state index in [1.165, 1.54) is 0 Å². The lowest BCUT2D eigenvalue weighted by Crippen LogP contribution is -2.22. The molecule has 0 aliphatic carbocycles. The van der Waals surface area contributed by atoms with E-state index in [4.69, 9.17) is 16.3 Å². The molecule has 3 nitrogen and oxygen atoms in total. The molecule has 6 heteroatoms. The normalized spacial score (nSPS) is 12.3. The second kappa shape index (κ2) is 6.79. The van der Waals surface area contributed by atoms with Crippen LogP contribution in [0.15, 0.2) is 12.1 Å². The van der Waals surface area contributed by atoms with Gasteiger partial charge in [-0.1, -0.05) is 13.8 Å². The number of methoxy groups -OCH3 is 1. The van der Waals surface area contributed by atoms with E-state index < -0.39 is 0 Å². The maximum Gasteiger partial charge on any atom is 0.138 e. The second-order valence-corrected chi connectivity index (χ2v) is 7.34. The number of nitrogens with zero attached hydrogens (tertiary/aromatic N) is 2. The average Bonchev–Trinajstić information content (AvgIpc) is 2.74. The van der Waals surface area contributed by atoms with E-state index in [1.54, 1.807) is 19.2 Å². The highest BCUT2D eigenvalue weighted by Crippen LogP contribution is 2.29. The zero-order valence-corrected chi connectivity index (χ0v) is 15.3. The van der Waals surface area contributed by atoms with Gasteiger partial charge in [-0.2, -0.15) is 0 Å². The van der Waals surface area contributed by atoms with Crippen LogP contribution in [0.2, 0.25) is 0 Å². The molecule has 2 aromatic rings. The third-order valence-electron chi connectivity index (χ3n) is 3.56. The fraction of sp³-hybridized carbons (Fsp3) is 0.533. The Bertz CT molecular complexity index is 642. The number of hydrogen-bond acceptors (Lipinski definition) is 2. The van der Waals surface area contributed by atoms with Gasteiger partial charge in [-0.15, -0.1) is 11.6 Å². The summed E-state index contributed by atoms with van der Waals surface area (Å²) < 4.78 is 21.6. The van der Waals surface area contributed by atoms with E-state index in [1.807, 2.05) is 27.2 Å². The standard InChI is InChI=1S/C15H19ClFIN2O/c1-15(2,4-5-21-3)9-20-13-6-10(17)11(18)7-12(13)19-14(20)8-16/h6-7H,4-5,8-9H2,1-3H3. The van der Waals surface area contributed by atoms with Gasteiger partial charge in [-0.05, 0) is 40.5 Å². The average molecular weight is 425 g/mol. The Kier molecular flexibility index (Phi) is 5.48. The number of fused-ring (bicyclic) bond motifs is 1. The summed E-state index contributed by atoms with van der Waals surface area (Å²) in [7, 11) is 1.70. The molecule has 0 amide bonds. The fourth-order valence-corrected chi connectivity index (χ4v) is 2.99. The molecule has 0 atom stereocenters. The molecule has 0 bridgehead atoms. The minimum absolute atomic E-state index is 0.0178. The van der Waals surface area contributed by atoms with Crippen molar-refractivity contribution in [3.63, 3.8) is 0 Å². The number of alkyl halides is 1. The topological polar surface area (TPSA) is 27.1 Å². The maximum atomic E-state index is 13.9. The van der Waals surface area contributed by atoms with Gasteiger partial charge in [-0.25, -0.2) is 9.37 Å². The fourth-order valence-electron chi connectivity index (χ4n) is 2.33. The third-order valence-corrected chi connectivity index (χ3v) is 4.62. The number of halogens is 3. The Hall–Kier alpha value is -0.400. The quantitative estimate of drug-likeness (QED) is 0.501. The van der Waals surface area contributed by atoms with Crippen molar-refractivity contribution in [3.8, 4) is 0 Å². The Labute approximate surface area is 143 Å². The van der Waals surface area contributed by atoms with Crippen LogP contribution in [0.1, 0.15) is 26.1 Å². The molecule has 0 N–H and O–H groups in total. The molecule has 0 radical (unpaired) electrons. The van der Waals surface area contributed by atoms with Gasteiger partial charge in [0.1, 0.15) is 11.6 Å². The third kappa shape index (κ3) is 3.87. The van der Waals surface area contributed by atoms with Crippen LogP contribution in [0.3, 0.4) is 0 Å². The van der Waals surface area contributed by atoms with Crippen molar-refractivity contribution in [3.05, 3.63) is 27.3 Å². The summed E-state index contributed by atoms with van der Waals surface area (Å²) in [6, 6.07) is 3.31. The van der Waals surface area contributed by atoms with E-state index in [9.17, 15) is 4.39 Å². The van der Waals surface area contributed by atoms with Gasteiger partial charge in [0.25, 0.3) is 0 Å². The predicted molar refractivity (Wildman–Crippen MR) is 92.2 cm³/mol. The molecule has 0 unspecified atom stereocenters. The van der Waals surface area contributed by atoms with E-state index in [0.29, 0.717) is 16.1 Å². The zero-order chi connectivity index (χ0) is 15.6. The minimum Gasteiger partial charge on any atom is -0.385 e. The Morgan fingerprint density at radius 3 is 2.76 bits per heavy atom. The lowest BCUT2D eigenvalue weighted by atomic mass is 9.89. The molecule has 116 valence electrons. The molecule has 0 fully saturated rings. The van der Waals surface area contributed by atoms with E-state index in [2.05, 4.69) is 18.8 Å². The summed E-state index contributed by atoms with van der Waals surface area (Å²) in [5.41, 5.74) is 1.61. The molecule has 1 aromatic heterocycles. The van der Waals surface area contributed by atoms with Crippen LogP contribution in [0.25, 0.3) is 11.0 Å². The van der Waals surface area contributed by atoms with Crippen LogP contribution in [-0.2, 0) is 17.2 Å². The number of benzene rings is 1. The number of hydrogen-bond donors (Lipinski definition) is 0. The van der Waals surface area contributed by atoms with Gasteiger partial charge < -0.3 is 9.30 Å². The highest BCUT2D eigenvalue weighted by atomic mass is 127. The van der Waals surface area contributed by atoms with Crippen LogP contribution >= 0.6 is 34.2 Å². The van der Waals surface area contributed by atoms with Crippen molar-refractivity contribution >= 4 is 45.2 Å². The van der Waals surface area contributed by atoms with Crippen molar-refractivity contribution in [2.45, 2.75) is 32.7 Å². The number of imidazole rings is 1. The van der Waals surface area contributed by atoms with Gasteiger partial charge in [0.05, 0.1) is 20.5 Å². The van der Waals surface area contributed by atoms with Crippen LogP contribution in [0, 0.1) is 14.8 Å². The Balaban J connectivity index is 2.44. The lowest BCUT2D eigenvalue weighted by Gasteiger charge is -2.26. The zero-order valence-electron chi connectivity index (χ0n) is 12.4. The van der Waals surface area contributed by atoms with Crippen molar-refractivity contribution in [1.29, 1.82) is 0 Å². The summed E-state index contributed by atoms with van der Waals surface area (Å²) in [6.45, 7) is 5.76. The van der Waals surface area contributed by atoms with Crippen LogP contribution in [-0.4, -0.2) is 23.3 Å². The summed E-state index contributed by atoms with van der Waals surface area (Å²) in [4.78, 5) is 4.53. The molecular formula is C15H19ClFIN2O. The SMILES string of the molecule is COCCC(C)(C)Cn1c(CCl)nc2cc(I)c(F)cc21. The summed E-state index contributed by atoms with van der Waals surface area (Å²) in [6.07, 6.45) is 0.914. The summed E-state index contributed by atoms with van der Waals surface area (Å²) in [5.74, 6) is 0.867. The van der Waals surface area contributed by atoms with Crippen molar-refractivity contribution in [1.82, 2.24) is 9.55 Å². The smallest absolute Gasteiger partial charge is 0.138 e. The van der Waals surface area contributed by atoms with E-state index in [0.717, 1.165) is 29.8 Å². The number of aromatic nitrogens is 2. The van der Waals surface area contributed by atoms with Crippen molar-refractivity contribution in [2.75, 3.05) is 13.7 Å². The lowest BCUT2D eigenvalue weighted by molar-refractivity contribution is 0.143. The molecule has 1 aromatic carbocycles. The summed E-state index contributed by atoms with van der Waals surface area (Å²) >= 11 is 7.99. The highest BCUT2D eigenvalue weighted by molar-refractivity contribution is 14.1. The van der Waals surface area contributed by atoms with Gasteiger partial charge in [-0.3, -0.25) is 0 Å². The maximum absolute atomic E-state index is 13.9. The van der Waals surface area contributed by atoms with Gasteiger partial charge >= 0.3 is 0 Å². The number of rotatable bonds is 6. The molecule has 0 aliphatic rings. The monoisotopic (exact) mass is 424 g/mol. The molecule has 21 heavy (non-hydrogen) atoms. The first-order valence-corrected chi connectivity index (χ1v) is 8.38. The molecule has 0 saturated carbocycles. The van der Waals surface area contributed by atoms with Crippen molar-refractivity contribution < 1.29 is 9.13 Å². The molecule has 0 aliphatic heterocycles. The predicted octanol–water partition coefficient (Wildman–Crippen LogP) is 4.58. The van der Waals surface area contributed by atoms with Gasteiger partial charge in [0.2, 0.25) is 0 Å². The Morgan fingerprint density at radius 1 is 1.43 bits per heavy atom. The highest BCUT2D eigenvalue weighted by Gasteiger charge is 2.22. The number of ether oxygens (including phenoxy) is 1. The van der Waals surface area contributed by atoms with Crippen molar-refractivity contribution in [2.24, 2.45) is 5.41 Å². The molecule has 0 saturated heterocycles. The molecule has 1 heterocycles.